The first-order valence-electron chi connectivity index (χ1n) is 5.79. The summed E-state index contributed by atoms with van der Waals surface area (Å²) < 4.78 is 2.82. The fourth-order valence-electron chi connectivity index (χ4n) is 1.98. The first kappa shape index (κ1) is 12.1. The number of rotatable bonds is 2. The monoisotopic (exact) mass is 317 g/mol. The third kappa shape index (κ3) is 2.08. The molecule has 0 unspecified atom stereocenters. The van der Waals surface area contributed by atoms with Gasteiger partial charge >= 0.3 is 0 Å². The van der Waals surface area contributed by atoms with E-state index in [1.807, 2.05) is 47.9 Å². The van der Waals surface area contributed by atoms with E-state index in [0.29, 0.717) is 0 Å². The van der Waals surface area contributed by atoms with Crippen molar-refractivity contribution in [3.8, 4) is 5.69 Å². The van der Waals surface area contributed by atoms with E-state index >= 15 is 0 Å². The van der Waals surface area contributed by atoms with Crippen molar-refractivity contribution in [3.05, 3.63) is 41.3 Å². The highest BCUT2D eigenvalue weighted by Gasteiger charge is 2.12. The predicted octanol–water partition coefficient (Wildman–Crippen LogP) is 2.64. The summed E-state index contributed by atoms with van der Waals surface area (Å²) in [5, 5.41) is 5.35. The number of benzene rings is 1. The van der Waals surface area contributed by atoms with E-state index < -0.39 is 0 Å². The summed E-state index contributed by atoms with van der Waals surface area (Å²) >= 11 is 3.47. The Bertz CT molecular complexity index is 735. The number of anilines is 1. The summed E-state index contributed by atoms with van der Waals surface area (Å²) in [5.74, 6) is 0.867. The lowest BCUT2D eigenvalue weighted by Crippen LogP contribution is -2.11. The summed E-state index contributed by atoms with van der Waals surface area (Å²) in [7, 11) is 3.91. The molecule has 6 heteroatoms. The van der Waals surface area contributed by atoms with Crippen LogP contribution in [0, 0.1) is 0 Å². The van der Waals surface area contributed by atoms with Crippen molar-refractivity contribution in [3.63, 3.8) is 0 Å². The molecular formula is C13H12BrN5. The molecule has 5 nitrogen and oxygen atoms in total. The summed E-state index contributed by atoms with van der Waals surface area (Å²) in [4.78, 5) is 10.6. The topological polar surface area (TPSA) is 46.8 Å². The molecule has 3 rings (SSSR count). The highest BCUT2D eigenvalue weighted by atomic mass is 79.9. The molecule has 19 heavy (non-hydrogen) atoms. The quantitative estimate of drug-likeness (QED) is 0.729. The fraction of sp³-hybridized carbons (Fsp3) is 0.154. The zero-order valence-corrected chi connectivity index (χ0v) is 12.2. The molecule has 0 aliphatic heterocycles. The molecule has 2 aromatic heterocycles. The third-order valence-corrected chi connectivity index (χ3v) is 3.31. The van der Waals surface area contributed by atoms with E-state index in [4.69, 9.17) is 0 Å². The van der Waals surface area contributed by atoms with Gasteiger partial charge < -0.3 is 4.90 Å². The van der Waals surface area contributed by atoms with Crippen LogP contribution in [0.15, 0.2) is 41.3 Å². The van der Waals surface area contributed by atoms with Crippen LogP contribution < -0.4 is 4.90 Å². The minimum absolute atomic E-state index is 0.803. The van der Waals surface area contributed by atoms with E-state index in [1.54, 1.807) is 12.5 Å². The number of nitrogens with zero attached hydrogens (tertiary/aromatic N) is 5. The van der Waals surface area contributed by atoms with Gasteiger partial charge in [0.2, 0.25) is 0 Å². The number of hydrogen-bond donors (Lipinski definition) is 0. The molecule has 0 atom stereocenters. The fourth-order valence-corrected chi connectivity index (χ4v) is 2.37. The molecule has 0 radical (unpaired) electrons. The molecule has 0 saturated heterocycles. The van der Waals surface area contributed by atoms with E-state index in [0.717, 1.165) is 27.0 Å². The normalized spacial score (nSPS) is 10.9. The Labute approximate surface area is 119 Å². The van der Waals surface area contributed by atoms with Crippen LogP contribution in [0.4, 0.5) is 5.82 Å². The smallest absolute Gasteiger partial charge is 0.168 e. The zero-order chi connectivity index (χ0) is 13.4. The van der Waals surface area contributed by atoms with Crippen LogP contribution in [0.25, 0.3) is 16.7 Å². The molecule has 2 heterocycles. The van der Waals surface area contributed by atoms with E-state index in [9.17, 15) is 0 Å². The maximum atomic E-state index is 4.42. The van der Waals surface area contributed by atoms with Gasteiger partial charge in [-0.2, -0.15) is 5.10 Å². The Kier molecular flexibility index (Phi) is 2.94. The minimum Gasteiger partial charge on any atom is -0.362 e. The predicted molar refractivity (Wildman–Crippen MR) is 78.7 cm³/mol. The highest BCUT2D eigenvalue weighted by molar-refractivity contribution is 9.10. The molecule has 0 fully saturated rings. The van der Waals surface area contributed by atoms with Gasteiger partial charge in [-0.15, -0.1) is 0 Å². The second kappa shape index (κ2) is 4.62. The van der Waals surface area contributed by atoms with Crippen molar-refractivity contribution in [2.45, 2.75) is 0 Å². The Hall–Kier alpha value is -1.95. The van der Waals surface area contributed by atoms with Crippen molar-refractivity contribution < 1.29 is 0 Å². The van der Waals surface area contributed by atoms with Crippen molar-refractivity contribution in [2.75, 3.05) is 19.0 Å². The Morgan fingerprint density at radius 1 is 1.21 bits per heavy atom. The van der Waals surface area contributed by atoms with Crippen molar-refractivity contribution in [2.24, 2.45) is 0 Å². The summed E-state index contributed by atoms with van der Waals surface area (Å²) in [6.45, 7) is 0. The zero-order valence-electron chi connectivity index (χ0n) is 10.6. The third-order valence-electron chi connectivity index (χ3n) is 2.82. The van der Waals surface area contributed by atoms with Crippen LogP contribution in [0.1, 0.15) is 0 Å². The minimum atomic E-state index is 0.803. The van der Waals surface area contributed by atoms with Gasteiger partial charge in [-0.1, -0.05) is 22.0 Å². The Morgan fingerprint density at radius 2 is 2.05 bits per heavy atom. The molecule has 0 spiro atoms. The summed E-state index contributed by atoms with van der Waals surface area (Å²) in [5.41, 5.74) is 1.77. The lowest BCUT2D eigenvalue weighted by atomic mass is 10.3. The van der Waals surface area contributed by atoms with Gasteiger partial charge in [0, 0.05) is 18.6 Å². The van der Waals surface area contributed by atoms with Gasteiger partial charge in [-0.25, -0.2) is 14.6 Å². The van der Waals surface area contributed by atoms with Crippen LogP contribution >= 0.6 is 15.9 Å². The van der Waals surface area contributed by atoms with Gasteiger partial charge in [0.25, 0.3) is 0 Å². The molecule has 0 aliphatic rings. The number of fused-ring (bicyclic) bond motifs is 1. The summed E-state index contributed by atoms with van der Waals surface area (Å²) in [6.07, 6.45) is 3.36. The van der Waals surface area contributed by atoms with E-state index in [2.05, 4.69) is 31.0 Å². The van der Waals surface area contributed by atoms with Gasteiger partial charge in [0.15, 0.2) is 5.65 Å². The number of aromatic nitrogens is 4. The van der Waals surface area contributed by atoms with E-state index in [-0.39, 0.29) is 0 Å². The van der Waals surface area contributed by atoms with Crippen LogP contribution in [0.5, 0.6) is 0 Å². The molecule has 0 saturated carbocycles. The second-order valence-electron chi connectivity index (χ2n) is 4.37. The maximum Gasteiger partial charge on any atom is 0.168 e. The van der Waals surface area contributed by atoms with Crippen LogP contribution in [0.3, 0.4) is 0 Å². The van der Waals surface area contributed by atoms with Crippen LogP contribution in [0.2, 0.25) is 0 Å². The first-order chi connectivity index (χ1) is 9.16. The maximum absolute atomic E-state index is 4.42. The highest BCUT2D eigenvalue weighted by Crippen LogP contribution is 2.24. The van der Waals surface area contributed by atoms with Gasteiger partial charge in [0.05, 0.1) is 17.3 Å². The van der Waals surface area contributed by atoms with Crippen LogP contribution in [-0.4, -0.2) is 33.8 Å². The first-order valence-corrected chi connectivity index (χ1v) is 6.58. The lowest BCUT2D eigenvalue weighted by molar-refractivity contribution is 0.894. The van der Waals surface area contributed by atoms with Crippen molar-refractivity contribution in [1.29, 1.82) is 0 Å². The molecule has 0 amide bonds. The molecule has 0 N–H and O–H groups in total. The van der Waals surface area contributed by atoms with E-state index in [1.165, 1.54) is 0 Å². The molecule has 3 aromatic rings. The average molecular weight is 318 g/mol. The SMILES string of the molecule is CN(C)c1ncnc2c1cnn2-c1cccc(Br)c1. The Morgan fingerprint density at radius 3 is 2.79 bits per heavy atom. The largest absolute Gasteiger partial charge is 0.362 e. The van der Waals surface area contributed by atoms with Gasteiger partial charge in [-0.05, 0) is 18.2 Å². The van der Waals surface area contributed by atoms with Crippen molar-refractivity contribution >= 4 is 32.8 Å². The van der Waals surface area contributed by atoms with Gasteiger partial charge in [0.1, 0.15) is 12.1 Å². The molecule has 0 bridgehead atoms. The van der Waals surface area contributed by atoms with Crippen molar-refractivity contribution in [1.82, 2.24) is 19.7 Å². The number of halogens is 1. The lowest BCUT2D eigenvalue weighted by Gasteiger charge is -2.11. The summed E-state index contributed by atoms with van der Waals surface area (Å²) in [6, 6.07) is 7.95. The average Bonchev–Trinajstić information content (AvgIpc) is 2.82. The molecule has 0 aliphatic carbocycles. The molecular weight excluding hydrogens is 306 g/mol. The second-order valence-corrected chi connectivity index (χ2v) is 5.28. The Balaban J connectivity index is 2.24. The number of hydrogen-bond acceptors (Lipinski definition) is 4. The molecule has 96 valence electrons. The molecule has 1 aromatic carbocycles. The standard InChI is InChI=1S/C13H12BrN5/c1-18(2)12-11-7-17-19(13(11)16-8-15-12)10-5-3-4-9(14)6-10/h3-8H,1-2H3. The van der Waals surface area contributed by atoms with Gasteiger partial charge in [-0.3, -0.25) is 0 Å². The van der Waals surface area contributed by atoms with Crippen LogP contribution in [-0.2, 0) is 0 Å².